The van der Waals surface area contributed by atoms with Gasteiger partial charge in [-0.25, -0.2) is 14.4 Å². The minimum absolute atomic E-state index is 0.248. The standard InChI is InChI=1S/C14H13BrClFN4/c1-9(16)14-19-12-6-10(15)11(17)7-13(12)21(14)5-4-20-3-2-18-8-20/h2-3,6-9H,4-5H2,1H3. The lowest BCUT2D eigenvalue weighted by molar-refractivity contribution is 0.567. The minimum Gasteiger partial charge on any atom is -0.336 e. The van der Waals surface area contributed by atoms with Crippen molar-refractivity contribution >= 4 is 38.6 Å². The number of alkyl halides is 1. The highest BCUT2D eigenvalue weighted by atomic mass is 79.9. The van der Waals surface area contributed by atoms with Crippen LogP contribution in [-0.4, -0.2) is 19.1 Å². The largest absolute Gasteiger partial charge is 0.336 e. The van der Waals surface area contributed by atoms with Crippen LogP contribution in [0, 0.1) is 5.82 Å². The molecule has 0 aliphatic rings. The zero-order valence-corrected chi connectivity index (χ0v) is 13.6. The van der Waals surface area contributed by atoms with Gasteiger partial charge in [0.25, 0.3) is 0 Å². The Balaban J connectivity index is 2.04. The first-order valence-electron chi connectivity index (χ1n) is 6.51. The molecule has 0 spiro atoms. The summed E-state index contributed by atoms with van der Waals surface area (Å²) in [5, 5.41) is -0.248. The van der Waals surface area contributed by atoms with Crippen LogP contribution in [0.25, 0.3) is 11.0 Å². The molecule has 0 aliphatic carbocycles. The Bertz CT molecular complexity index is 767. The van der Waals surface area contributed by atoms with Gasteiger partial charge in [0, 0.05) is 31.5 Å². The molecule has 3 aromatic rings. The van der Waals surface area contributed by atoms with Crippen LogP contribution in [0.2, 0.25) is 0 Å². The Morgan fingerprint density at radius 2 is 2.19 bits per heavy atom. The smallest absolute Gasteiger partial charge is 0.139 e. The fraction of sp³-hybridized carbons (Fsp3) is 0.286. The van der Waals surface area contributed by atoms with E-state index in [0.29, 0.717) is 11.0 Å². The highest BCUT2D eigenvalue weighted by Gasteiger charge is 2.16. The maximum Gasteiger partial charge on any atom is 0.139 e. The summed E-state index contributed by atoms with van der Waals surface area (Å²) in [6.45, 7) is 3.24. The molecule has 0 bridgehead atoms. The Morgan fingerprint density at radius 3 is 2.86 bits per heavy atom. The van der Waals surface area contributed by atoms with E-state index in [4.69, 9.17) is 11.6 Å². The zero-order chi connectivity index (χ0) is 15.0. The van der Waals surface area contributed by atoms with Crippen molar-refractivity contribution in [3.63, 3.8) is 0 Å². The third kappa shape index (κ3) is 2.82. The number of aryl methyl sites for hydroxylation is 2. The van der Waals surface area contributed by atoms with Gasteiger partial charge in [-0.05, 0) is 28.9 Å². The first-order valence-corrected chi connectivity index (χ1v) is 7.74. The van der Waals surface area contributed by atoms with Crippen LogP contribution in [0.5, 0.6) is 0 Å². The van der Waals surface area contributed by atoms with Crippen molar-refractivity contribution in [2.75, 3.05) is 0 Å². The van der Waals surface area contributed by atoms with Crippen LogP contribution in [0.3, 0.4) is 0 Å². The molecule has 3 rings (SSSR count). The van der Waals surface area contributed by atoms with Gasteiger partial charge in [-0.15, -0.1) is 11.6 Å². The molecule has 0 saturated carbocycles. The van der Waals surface area contributed by atoms with Crippen LogP contribution in [0.1, 0.15) is 18.1 Å². The van der Waals surface area contributed by atoms with Gasteiger partial charge in [-0.1, -0.05) is 0 Å². The number of hydrogen-bond acceptors (Lipinski definition) is 2. The van der Waals surface area contributed by atoms with Gasteiger partial charge < -0.3 is 9.13 Å². The van der Waals surface area contributed by atoms with E-state index in [1.54, 1.807) is 18.6 Å². The van der Waals surface area contributed by atoms with Gasteiger partial charge in [-0.3, -0.25) is 0 Å². The minimum atomic E-state index is -0.306. The molecule has 7 heteroatoms. The molecule has 0 radical (unpaired) electrons. The molecule has 0 aliphatic heterocycles. The van der Waals surface area contributed by atoms with E-state index in [1.165, 1.54) is 6.07 Å². The molecule has 0 fully saturated rings. The summed E-state index contributed by atoms with van der Waals surface area (Å²) in [6, 6.07) is 3.17. The van der Waals surface area contributed by atoms with E-state index in [-0.39, 0.29) is 11.2 Å². The number of benzene rings is 1. The van der Waals surface area contributed by atoms with Gasteiger partial charge in [0.2, 0.25) is 0 Å². The quantitative estimate of drug-likeness (QED) is 0.646. The predicted octanol–water partition coefficient (Wildman–Crippen LogP) is 4.13. The maximum atomic E-state index is 13.8. The number of hydrogen-bond donors (Lipinski definition) is 0. The van der Waals surface area contributed by atoms with Crippen molar-refractivity contribution in [3.05, 3.63) is 47.0 Å². The highest BCUT2D eigenvalue weighted by molar-refractivity contribution is 9.10. The van der Waals surface area contributed by atoms with Crippen LogP contribution in [0.4, 0.5) is 4.39 Å². The van der Waals surface area contributed by atoms with Crippen LogP contribution in [0.15, 0.2) is 35.3 Å². The molecular formula is C14H13BrClFN4. The third-order valence-electron chi connectivity index (χ3n) is 3.32. The number of imidazole rings is 2. The monoisotopic (exact) mass is 370 g/mol. The van der Waals surface area contributed by atoms with Gasteiger partial charge in [0.1, 0.15) is 11.6 Å². The van der Waals surface area contributed by atoms with Crippen LogP contribution >= 0.6 is 27.5 Å². The van der Waals surface area contributed by atoms with Gasteiger partial charge in [-0.2, -0.15) is 0 Å². The molecule has 110 valence electrons. The first kappa shape index (κ1) is 14.5. The topological polar surface area (TPSA) is 35.6 Å². The fourth-order valence-corrected chi connectivity index (χ4v) is 2.81. The van der Waals surface area contributed by atoms with Gasteiger partial charge in [0.15, 0.2) is 0 Å². The summed E-state index contributed by atoms with van der Waals surface area (Å²) in [5.74, 6) is 0.435. The number of halogens is 3. The molecule has 2 aromatic heterocycles. The van der Waals surface area contributed by atoms with E-state index in [9.17, 15) is 4.39 Å². The maximum absolute atomic E-state index is 13.8. The van der Waals surface area contributed by atoms with Crippen molar-refractivity contribution in [3.8, 4) is 0 Å². The summed E-state index contributed by atoms with van der Waals surface area (Å²) >= 11 is 9.40. The van der Waals surface area contributed by atoms with E-state index in [1.807, 2.05) is 22.3 Å². The lowest BCUT2D eigenvalue weighted by Crippen LogP contribution is -2.10. The predicted molar refractivity (Wildman–Crippen MR) is 83.9 cm³/mol. The first-order chi connectivity index (χ1) is 10.1. The Hall–Kier alpha value is -1.40. The van der Waals surface area contributed by atoms with Crippen molar-refractivity contribution in [1.82, 2.24) is 19.1 Å². The summed E-state index contributed by atoms with van der Waals surface area (Å²) < 4.78 is 18.1. The van der Waals surface area contributed by atoms with E-state index in [2.05, 4.69) is 25.9 Å². The Labute approximate surface area is 134 Å². The fourth-order valence-electron chi connectivity index (χ4n) is 2.31. The van der Waals surface area contributed by atoms with Crippen molar-refractivity contribution in [2.24, 2.45) is 0 Å². The van der Waals surface area contributed by atoms with Crippen molar-refractivity contribution in [2.45, 2.75) is 25.4 Å². The lowest BCUT2D eigenvalue weighted by Gasteiger charge is -2.11. The molecule has 1 unspecified atom stereocenters. The van der Waals surface area contributed by atoms with E-state index >= 15 is 0 Å². The molecule has 0 saturated heterocycles. The second-order valence-electron chi connectivity index (χ2n) is 4.79. The van der Waals surface area contributed by atoms with E-state index in [0.717, 1.165) is 23.4 Å². The van der Waals surface area contributed by atoms with Crippen molar-refractivity contribution < 1.29 is 4.39 Å². The average molecular weight is 372 g/mol. The van der Waals surface area contributed by atoms with E-state index < -0.39 is 0 Å². The molecule has 2 heterocycles. The van der Waals surface area contributed by atoms with Crippen LogP contribution < -0.4 is 0 Å². The number of rotatable bonds is 4. The molecule has 4 nitrogen and oxygen atoms in total. The molecular weight excluding hydrogens is 359 g/mol. The molecule has 0 N–H and O–H groups in total. The normalized spacial score (nSPS) is 13.0. The molecule has 21 heavy (non-hydrogen) atoms. The number of nitrogens with zero attached hydrogens (tertiary/aromatic N) is 4. The van der Waals surface area contributed by atoms with Gasteiger partial charge >= 0.3 is 0 Å². The van der Waals surface area contributed by atoms with Gasteiger partial charge in [0.05, 0.1) is 27.2 Å². The SMILES string of the molecule is CC(Cl)c1nc2cc(Br)c(F)cc2n1CCn1ccnc1. The molecule has 0 amide bonds. The Kier molecular flexibility index (Phi) is 3.99. The summed E-state index contributed by atoms with van der Waals surface area (Å²) in [7, 11) is 0. The number of aromatic nitrogens is 4. The molecule has 1 atom stereocenters. The van der Waals surface area contributed by atoms with Crippen LogP contribution in [-0.2, 0) is 13.1 Å². The zero-order valence-electron chi connectivity index (χ0n) is 11.3. The molecule has 1 aromatic carbocycles. The lowest BCUT2D eigenvalue weighted by atomic mass is 10.3. The second kappa shape index (κ2) is 5.77. The number of fused-ring (bicyclic) bond motifs is 1. The average Bonchev–Trinajstić information content (AvgIpc) is 3.05. The Morgan fingerprint density at radius 1 is 1.38 bits per heavy atom. The third-order valence-corrected chi connectivity index (χ3v) is 4.12. The summed E-state index contributed by atoms with van der Waals surface area (Å²) in [6.07, 6.45) is 5.37. The van der Waals surface area contributed by atoms with Crippen molar-refractivity contribution in [1.29, 1.82) is 0 Å². The summed E-state index contributed by atoms with van der Waals surface area (Å²) in [5.41, 5.74) is 1.48. The second-order valence-corrected chi connectivity index (χ2v) is 6.30. The highest BCUT2D eigenvalue weighted by Crippen LogP contribution is 2.28. The summed E-state index contributed by atoms with van der Waals surface area (Å²) in [4.78, 5) is 8.54.